The van der Waals surface area contributed by atoms with Gasteiger partial charge in [-0.15, -0.1) is 11.8 Å². The number of imide groups is 1. The normalized spacial score (nSPS) is 16.1. The van der Waals surface area contributed by atoms with E-state index in [2.05, 4.69) is 4.74 Å². The van der Waals surface area contributed by atoms with Gasteiger partial charge in [-0.3, -0.25) is 9.59 Å². The van der Waals surface area contributed by atoms with Crippen LogP contribution in [0.5, 0.6) is 0 Å². The van der Waals surface area contributed by atoms with E-state index in [9.17, 15) is 24.3 Å². The number of ether oxygens (including phenoxy) is 1. The number of carboxylic acids is 1. The Kier molecular flexibility index (Phi) is 6.41. The van der Waals surface area contributed by atoms with E-state index < -0.39 is 36.3 Å². The van der Waals surface area contributed by atoms with E-state index in [-0.39, 0.29) is 6.54 Å². The van der Waals surface area contributed by atoms with E-state index in [1.54, 1.807) is 42.5 Å². The minimum Gasteiger partial charge on any atom is -0.481 e. The fourth-order valence-electron chi connectivity index (χ4n) is 3.23. The number of methoxy groups -OCH3 is 1. The molecule has 0 radical (unpaired) electrons. The second-order valence-corrected chi connectivity index (χ2v) is 7.47. The van der Waals surface area contributed by atoms with E-state index in [0.717, 1.165) is 9.80 Å². The summed E-state index contributed by atoms with van der Waals surface area (Å²) in [6, 6.07) is 11.6. The van der Waals surface area contributed by atoms with E-state index in [4.69, 9.17) is 0 Å². The lowest BCUT2D eigenvalue weighted by Crippen LogP contribution is -2.36. The fraction of sp³-hybridized carbons (Fsp3) is 0.238. The van der Waals surface area contributed by atoms with Crippen molar-refractivity contribution in [1.29, 1.82) is 0 Å². The van der Waals surface area contributed by atoms with Crippen LogP contribution in [0.1, 0.15) is 22.3 Å². The van der Waals surface area contributed by atoms with E-state index in [0.29, 0.717) is 16.8 Å². The van der Waals surface area contributed by atoms with Gasteiger partial charge in [0.05, 0.1) is 24.8 Å². The number of aliphatic carboxylic acids is 1. The van der Waals surface area contributed by atoms with Crippen LogP contribution in [-0.4, -0.2) is 53.3 Å². The zero-order chi connectivity index (χ0) is 21.8. The number of thioether (sulfide) groups is 1. The third-order valence-corrected chi connectivity index (χ3v) is 5.45. The van der Waals surface area contributed by atoms with Crippen molar-refractivity contribution in [2.75, 3.05) is 18.3 Å². The van der Waals surface area contributed by atoms with Crippen LogP contribution < -0.4 is 4.90 Å². The van der Waals surface area contributed by atoms with Gasteiger partial charge in [-0.05, 0) is 42.2 Å². The Hall–Kier alpha value is -3.33. The maximum Gasteiger partial charge on any atom is 0.337 e. The number of amides is 3. The largest absolute Gasteiger partial charge is 0.481 e. The topological polar surface area (TPSA) is 104 Å². The zero-order valence-electron chi connectivity index (χ0n) is 16.4. The fourth-order valence-corrected chi connectivity index (χ4v) is 3.68. The van der Waals surface area contributed by atoms with E-state index >= 15 is 0 Å². The van der Waals surface area contributed by atoms with Crippen molar-refractivity contribution in [1.82, 2.24) is 4.90 Å². The molecule has 1 saturated heterocycles. The molecule has 156 valence electrons. The molecule has 1 aliphatic heterocycles. The van der Waals surface area contributed by atoms with Gasteiger partial charge in [0.2, 0.25) is 0 Å². The first kappa shape index (κ1) is 21.4. The maximum atomic E-state index is 13.1. The second-order valence-electron chi connectivity index (χ2n) is 6.59. The molecule has 0 spiro atoms. The summed E-state index contributed by atoms with van der Waals surface area (Å²) in [6.07, 6.45) is 1.38. The first-order valence-corrected chi connectivity index (χ1v) is 10.3. The van der Waals surface area contributed by atoms with Gasteiger partial charge in [0, 0.05) is 11.4 Å². The third-order valence-electron chi connectivity index (χ3n) is 4.73. The van der Waals surface area contributed by atoms with Crippen molar-refractivity contribution in [2.24, 2.45) is 0 Å². The van der Waals surface area contributed by atoms with Crippen LogP contribution in [0.15, 0.2) is 53.4 Å². The number of urea groups is 1. The third kappa shape index (κ3) is 4.30. The lowest BCUT2D eigenvalue weighted by Gasteiger charge is -2.21. The molecule has 0 unspecified atom stereocenters. The molecular weight excluding hydrogens is 408 g/mol. The van der Waals surface area contributed by atoms with Crippen LogP contribution in [0.25, 0.3) is 0 Å². The highest BCUT2D eigenvalue weighted by Gasteiger charge is 2.46. The zero-order valence-corrected chi connectivity index (χ0v) is 17.2. The van der Waals surface area contributed by atoms with E-state index in [1.807, 2.05) is 12.3 Å². The van der Waals surface area contributed by atoms with Crippen molar-refractivity contribution >= 4 is 41.3 Å². The number of benzene rings is 2. The maximum absolute atomic E-state index is 13.1. The molecule has 0 bridgehead atoms. The highest BCUT2D eigenvalue weighted by atomic mass is 32.2. The van der Waals surface area contributed by atoms with Gasteiger partial charge < -0.3 is 14.7 Å². The Morgan fingerprint density at radius 2 is 1.83 bits per heavy atom. The number of hydrogen-bond acceptors (Lipinski definition) is 6. The average molecular weight is 428 g/mol. The molecule has 2 aromatic carbocycles. The first-order chi connectivity index (χ1) is 14.3. The van der Waals surface area contributed by atoms with Gasteiger partial charge in [0.25, 0.3) is 5.91 Å². The van der Waals surface area contributed by atoms with Gasteiger partial charge >= 0.3 is 18.0 Å². The minimum atomic E-state index is -1.17. The summed E-state index contributed by atoms with van der Waals surface area (Å²) in [7, 11) is 1.28. The number of nitrogens with zero attached hydrogens (tertiary/aromatic N) is 2. The summed E-state index contributed by atoms with van der Waals surface area (Å²) in [5, 5.41) is 9.26. The molecule has 1 heterocycles. The lowest BCUT2D eigenvalue weighted by atomic mass is 10.1. The van der Waals surface area contributed by atoms with Crippen molar-refractivity contribution in [3.63, 3.8) is 0 Å². The number of esters is 1. The molecule has 30 heavy (non-hydrogen) atoms. The van der Waals surface area contributed by atoms with Gasteiger partial charge in [-0.2, -0.15) is 0 Å². The van der Waals surface area contributed by atoms with Crippen molar-refractivity contribution in [2.45, 2.75) is 23.9 Å². The highest BCUT2D eigenvalue weighted by molar-refractivity contribution is 7.98. The quantitative estimate of drug-likeness (QED) is 0.411. The lowest BCUT2D eigenvalue weighted by molar-refractivity contribution is -0.140. The van der Waals surface area contributed by atoms with Crippen molar-refractivity contribution in [3.05, 3.63) is 59.7 Å². The summed E-state index contributed by atoms with van der Waals surface area (Å²) in [5.74, 6) is -2.24. The molecule has 1 N–H and O–H groups in total. The molecule has 1 atom stereocenters. The number of rotatable bonds is 7. The molecule has 9 heteroatoms. The molecule has 2 aromatic rings. The van der Waals surface area contributed by atoms with Gasteiger partial charge in [0.15, 0.2) is 0 Å². The van der Waals surface area contributed by atoms with Crippen LogP contribution >= 0.6 is 11.8 Å². The van der Waals surface area contributed by atoms with Gasteiger partial charge in [0.1, 0.15) is 6.04 Å². The number of anilines is 1. The van der Waals surface area contributed by atoms with Crippen LogP contribution in [0.2, 0.25) is 0 Å². The van der Waals surface area contributed by atoms with Crippen LogP contribution in [0, 0.1) is 0 Å². The Morgan fingerprint density at radius 3 is 2.43 bits per heavy atom. The number of carboxylic acid groups (broad SMARTS) is 1. The summed E-state index contributed by atoms with van der Waals surface area (Å²) in [6.45, 7) is 0.0304. The van der Waals surface area contributed by atoms with Crippen LogP contribution in [0.3, 0.4) is 0 Å². The van der Waals surface area contributed by atoms with Crippen LogP contribution in [0.4, 0.5) is 10.5 Å². The standard InChI is InChI=1S/C21H20N2O6S/c1-29-20(27)14-8-6-13(7-9-14)12-22-17(11-18(24)25)19(26)23(21(22)28)15-4-3-5-16(10-15)30-2/h3-10,17H,11-12H2,1-2H3,(H,24,25)/t17-/m0/s1. The Balaban J connectivity index is 1.90. The molecule has 0 aromatic heterocycles. The van der Waals surface area contributed by atoms with Crippen molar-refractivity contribution in [3.8, 4) is 0 Å². The molecule has 3 rings (SSSR count). The molecular formula is C21H20N2O6S. The molecule has 8 nitrogen and oxygen atoms in total. The minimum absolute atomic E-state index is 0.0304. The predicted molar refractivity (Wildman–Crippen MR) is 110 cm³/mol. The van der Waals surface area contributed by atoms with Gasteiger partial charge in [-0.25, -0.2) is 14.5 Å². The molecule has 0 aliphatic carbocycles. The monoisotopic (exact) mass is 428 g/mol. The number of carbonyl (C=O) groups is 4. The Bertz CT molecular complexity index is 991. The first-order valence-electron chi connectivity index (χ1n) is 9.03. The molecule has 0 saturated carbocycles. The Morgan fingerprint density at radius 1 is 1.13 bits per heavy atom. The summed E-state index contributed by atoms with van der Waals surface area (Å²) >= 11 is 1.47. The molecule has 1 fully saturated rings. The Labute approximate surface area is 177 Å². The summed E-state index contributed by atoms with van der Waals surface area (Å²) in [4.78, 5) is 52.1. The average Bonchev–Trinajstić information content (AvgIpc) is 2.97. The van der Waals surface area contributed by atoms with Crippen LogP contribution in [-0.2, 0) is 20.9 Å². The number of carbonyl (C=O) groups excluding carboxylic acids is 3. The molecule has 3 amide bonds. The SMILES string of the molecule is COC(=O)c1ccc(CN2C(=O)N(c3cccc(SC)c3)C(=O)[C@@H]2CC(=O)O)cc1. The molecule has 1 aliphatic rings. The smallest absolute Gasteiger partial charge is 0.337 e. The highest BCUT2D eigenvalue weighted by Crippen LogP contribution is 2.30. The van der Waals surface area contributed by atoms with E-state index in [1.165, 1.54) is 23.8 Å². The second kappa shape index (κ2) is 9.00. The van der Waals surface area contributed by atoms with Gasteiger partial charge in [-0.1, -0.05) is 18.2 Å². The van der Waals surface area contributed by atoms with Crippen molar-refractivity contribution < 1.29 is 29.0 Å². The predicted octanol–water partition coefficient (Wildman–Crippen LogP) is 3.01. The summed E-state index contributed by atoms with van der Waals surface area (Å²) in [5.41, 5.74) is 1.40. The summed E-state index contributed by atoms with van der Waals surface area (Å²) < 4.78 is 4.66. The number of hydrogen-bond donors (Lipinski definition) is 1.